The minimum atomic E-state index is -0.514. The summed E-state index contributed by atoms with van der Waals surface area (Å²) in [6.45, 7) is 0.313. The second-order valence-electron chi connectivity index (χ2n) is 3.63. The van der Waals surface area contributed by atoms with Gasteiger partial charge in [0.05, 0.1) is 19.8 Å². The number of carbonyl (C=O) groups excluding carboxylic acids is 1. The van der Waals surface area contributed by atoms with Crippen LogP contribution < -0.4 is 10.1 Å². The maximum absolute atomic E-state index is 13.2. The van der Waals surface area contributed by atoms with Crippen molar-refractivity contribution < 1.29 is 18.7 Å². The average molecular weight is 276 g/mol. The lowest BCUT2D eigenvalue weighted by Gasteiger charge is -2.15. The van der Waals surface area contributed by atoms with Crippen molar-refractivity contribution in [3.63, 3.8) is 0 Å². The quantitative estimate of drug-likeness (QED) is 0.806. The van der Waals surface area contributed by atoms with Crippen molar-refractivity contribution >= 4 is 17.5 Å². The third kappa shape index (κ3) is 3.85. The molecule has 0 aliphatic carbocycles. The van der Waals surface area contributed by atoms with Crippen molar-refractivity contribution in [2.75, 3.05) is 26.7 Å². The maximum atomic E-state index is 13.2. The van der Waals surface area contributed by atoms with E-state index in [1.165, 1.54) is 32.4 Å². The third-order valence-corrected chi connectivity index (χ3v) is 2.68. The van der Waals surface area contributed by atoms with E-state index in [4.69, 9.17) is 21.1 Å². The third-order valence-electron chi connectivity index (χ3n) is 2.30. The number of hydrogen-bond donors (Lipinski definition) is 1. The van der Waals surface area contributed by atoms with Crippen LogP contribution in [0.5, 0.6) is 5.75 Å². The Labute approximate surface area is 110 Å². The van der Waals surface area contributed by atoms with Crippen LogP contribution >= 0.6 is 11.6 Å². The minimum Gasteiger partial charge on any atom is -0.494 e. The molecular weight excluding hydrogens is 261 g/mol. The van der Waals surface area contributed by atoms with Gasteiger partial charge in [-0.25, -0.2) is 4.39 Å². The summed E-state index contributed by atoms with van der Waals surface area (Å²) in [5.74, 6) is -0.606. The highest BCUT2D eigenvalue weighted by Crippen LogP contribution is 2.18. The standard InChI is InChI=1S/C12H15ClFNO3/c1-17-7-9(6-13)15-12(16)8-3-4-10(14)11(5-8)18-2/h3-5,9H,6-7H2,1-2H3,(H,15,16). The summed E-state index contributed by atoms with van der Waals surface area (Å²) in [6, 6.07) is 3.61. The molecule has 4 nitrogen and oxygen atoms in total. The van der Waals surface area contributed by atoms with E-state index >= 15 is 0 Å². The summed E-state index contributed by atoms with van der Waals surface area (Å²) < 4.78 is 22.9. The first-order chi connectivity index (χ1) is 8.62. The number of alkyl halides is 1. The van der Waals surface area contributed by atoms with Gasteiger partial charge in [0.15, 0.2) is 11.6 Å². The summed E-state index contributed by atoms with van der Waals surface area (Å²) >= 11 is 5.68. The number of amides is 1. The normalized spacial score (nSPS) is 12.0. The Morgan fingerprint density at radius 3 is 2.78 bits per heavy atom. The van der Waals surface area contributed by atoms with Crippen molar-refractivity contribution in [3.8, 4) is 5.75 Å². The molecule has 1 aromatic carbocycles. The predicted molar refractivity (Wildman–Crippen MR) is 66.8 cm³/mol. The number of carbonyl (C=O) groups is 1. The average Bonchev–Trinajstić information content (AvgIpc) is 2.38. The Balaban J connectivity index is 2.77. The van der Waals surface area contributed by atoms with Crippen LogP contribution in [-0.4, -0.2) is 38.7 Å². The number of nitrogens with one attached hydrogen (secondary N) is 1. The molecule has 1 unspecified atom stereocenters. The molecule has 0 fully saturated rings. The van der Waals surface area contributed by atoms with Crippen LogP contribution in [0.3, 0.4) is 0 Å². The number of methoxy groups -OCH3 is 2. The Hall–Kier alpha value is -1.33. The predicted octanol–water partition coefficient (Wildman–Crippen LogP) is 1.82. The monoisotopic (exact) mass is 275 g/mol. The molecule has 0 aliphatic rings. The highest BCUT2D eigenvalue weighted by Gasteiger charge is 2.14. The molecule has 0 radical (unpaired) electrons. The van der Waals surface area contributed by atoms with Crippen LogP contribution in [0.25, 0.3) is 0 Å². The van der Waals surface area contributed by atoms with Crippen molar-refractivity contribution in [2.45, 2.75) is 6.04 Å². The first-order valence-electron chi connectivity index (χ1n) is 5.31. The lowest BCUT2D eigenvalue weighted by Crippen LogP contribution is -2.39. The van der Waals surface area contributed by atoms with Gasteiger partial charge in [0.1, 0.15) is 0 Å². The van der Waals surface area contributed by atoms with Gasteiger partial charge in [-0.05, 0) is 18.2 Å². The smallest absolute Gasteiger partial charge is 0.251 e. The van der Waals surface area contributed by atoms with E-state index in [0.717, 1.165) is 0 Å². The largest absolute Gasteiger partial charge is 0.494 e. The molecule has 18 heavy (non-hydrogen) atoms. The van der Waals surface area contributed by atoms with E-state index < -0.39 is 5.82 Å². The molecule has 0 saturated carbocycles. The van der Waals surface area contributed by atoms with E-state index in [1.54, 1.807) is 0 Å². The molecule has 0 spiro atoms. The first kappa shape index (κ1) is 14.7. The second kappa shape index (κ2) is 7.18. The van der Waals surface area contributed by atoms with Gasteiger partial charge < -0.3 is 14.8 Å². The van der Waals surface area contributed by atoms with Gasteiger partial charge in [0, 0.05) is 18.6 Å². The molecule has 0 bridgehead atoms. The SMILES string of the molecule is COCC(CCl)NC(=O)c1ccc(F)c(OC)c1. The fraction of sp³-hybridized carbons (Fsp3) is 0.417. The van der Waals surface area contributed by atoms with Crippen LogP contribution in [-0.2, 0) is 4.74 Å². The summed E-state index contributed by atoms with van der Waals surface area (Å²) in [5, 5.41) is 2.68. The lowest BCUT2D eigenvalue weighted by molar-refractivity contribution is 0.0906. The Morgan fingerprint density at radius 1 is 1.50 bits per heavy atom. The van der Waals surface area contributed by atoms with Crippen LogP contribution in [0.15, 0.2) is 18.2 Å². The van der Waals surface area contributed by atoms with Crippen LogP contribution in [0.4, 0.5) is 4.39 Å². The fourth-order valence-corrected chi connectivity index (χ4v) is 1.56. The van der Waals surface area contributed by atoms with Crippen molar-refractivity contribution in [1.29, 1.82) is 0 Å². The lowest BCUT2D eigenvalue weighted by atomic mass is 10.2. The fourth-order valence-electron chi connectivity index (χ4n) is 1.40. The number of benzene rings is 1. The van der Waals surface area contributed by atoms with Crippen LogP contribution in [0.2, 0.25) is 0 Å². The molecule has 0 saturated heterocycles. The number of rotatable bonds is 6. The molecule has 0 heterocycles. The summed E-state index contributed by atoms with van der Waals surface area (Å²) in [7, 11) is 2.86. The van der Waals surface area contributed by atoms with Gasteiger partial charge in [-0.15, -0.1) is 11.6 Å². The zero-order chi connectivity index (χ0) is 13.5. The zero-order valence-corrected chi connectivity index (χ0v) is 11.0. The highest BCUT2D eigenvalue weighted by atomic mass is 35.5. The molecule has 100 valence electrons. The molecule has 1 N–H and O–H groups in total. The molecule has 0 aromatic heterocycles. The van der Waals surface area contributed by atoms with Crippen LogP contribution in [0, 0.1) is 5.82 Å². The number of ether oxygens (including phenoxy) is 2. The van der Waals surface area contributed by atoms with Gasteiger partial charge in [0.2, 0.25) is 0 Å². The molecular formula is C12H15ClFNO3. The van der Waals surface area contributed by atoms with E-state index in [1.807, 2.05) is 0 Å². The second-order valence-corrected chi connectivity index (χ2v) is 3.94. The molecule has 1 rings (SSSR count). The minimum absolute atomic E-state index is 0.0248. The van der Waals surface area contributed by atoms with Crippen molar-refractivity contribution in [3.05, 3.63) is 29.6 Å². The Bertz CT molecular complexity index is 414. The van der Waals surface area contributed by atoms with E-state index in [9.17, 15) is 9.18 Å². The van der Waals surface area contributed by atoms with E-state index in [0.29, 0.717) is 12.2 Å². The van der Waals surface area contributed by atoms with Gasteiger partial charge in [-0.1, -0.05) is 0 Å². The van der Waals surface area contributed by atoms with Crippen molar-refractivity contribution in [1.82, 2.24) is 5.32 Å². The first-order valence-corrected chi connectivity index (χ1v) is 5.85. The number of halogens is 2. The molecule has 1 amide bonds. The maximum Gasteiger partial charge on any atom is 0.251 e. The van der Waals surface area contributed by atoms with E-state index in [-0.39, 0.29) is 23.6 Å². The zero-order valence-electron chi connectivity index (χ0n) is 10.2. The topological polar surface area (TPSA) is 47.6 Å². The van der Waals surface area contributed by atoms with Gasteiger partial charge in [-0.2, -0.15) is 0 Å². The highest BCUT2D eigenvalue weighted by molar-refractivity contribution is 6.18. The van der Waals surface area contributed by atoms with Gasteiger partial charge in [-0.3, -0.25) is 4.79 Å². The molecule has 0 aliphatic heterocycles. The number of hydrogen-bond acceptors (Lipinski definition) is 3. The Kier molecular flexibility index (Phi) is 5.88. The summed E-state index contributed by atoms with van der Waals surface area (Å²) in [5.41, 5.74) is 0.305. The molecule has 6 heteroatoms. The van der Waals surface area contributed by atoms with Crippen molar-refractivity contribution in [2.24, 2.45) is 0 Å². The van der Waals surface area contributed by atoms with Gasteiger partial charge >= 0.3 is 0 Å². The van der Waals surface area contributed by atoms with Crippen LogP contribution in [0.1, 0.15) is 10.4 Å². The van der Waals surface area contributed by atoms with E-state index in [2.05, 4.69) is 5.32 Å². The molecule has 1 atom stereocenters. The summed E-state index contributed by atoms with van der Waals surface area (Å²) in [6.07, 6.45) is 0. The van der Waals surface area contributed by atoms with Gasteiger partial charge in [0.25, 0.3) is 5.91 Å². The Morgan fingerprint density at radius 2 is 2.22 bits per heavy atom. The molecule has 1 aromatic rings. The summed E-state index contributed by atoms with van der Waals surface area (Å²) in [4.78, 5) is 11.9.